The third-order valence-corrected chi connectivity index (χ3v) is 6.51. The topological polar surface area (TPSA) is 67.5 Å². The summed E-state index contributed by atoms with van der Waals surface area (Å²) in [6, 6.07) is 19.1. The molecule has 4 rings (SSSR count). The number of nitrogens with one attached hydrogen (secondary N) is 1. The summed E-state index contributed by atoms with van der Waals surface area (Å²) in [6.07, 6.45) is 4.79. The van der Waals surface area contributed by atoms with Gasteiger partial charge in [0.15, 0.2) is 0 Å². The van der Waals surface area contributed by atoms with E-state index < -0.39 is 0 Å². The molecule has 33 heavy (non-hydrogen) atoms. The van der Waals surface area contributed by atoms with Crippen LogP contribution in [0, 0.1) is 0 Å². The van der Waals surface area contributed by atoms with Crippen molar-refractivity contribution in [1.82, 2.24) is 14.8 Å². The number of benzene rings is 2. The molecule has 0 aliphatic carbocycles. The van der Waals surface area contributed by atoms with Crippen LogP contribution in [0.25, 0.3) is 11.0 Å². The van der Waals surface area contributed by atoms with Gasteiger partial charge in [-0.25, -0.2) is 0 Å². The molecule has 0 saturated heterocycles. The highest BCUT2D eigenvalue weighted by Gasteiger charge is 2.23. The number of hydrogen-bond donors (Lipinski definition) is 1. The summed E-state index contributed by atoms with van der Waals surface area (Å²) in [5.41, 5.74) is 3.07. The first-order valence-electron chi connectivity index (χ1n) is 10.8. The van der Waals surface area contributed by atoms with Gasteiger partial charge >= 0.3 is 0 Å². The first-order chi connectivity index (χ1) is 15.9. The van der Waals surface area contributed by atoms with Crippen LogP contribution in [0.5, 0.6) is 0 Å². The number of rotatable bonds is 8. The van der Waals surface area contributed by atoms with E-state index in [0.717, 1.165) is 21.0 Å². The minimum absolute atomic E-state index is 0.0697. The molecule has 2 amide bonds. The Morgan fingerprint density at radius 1 is 1.12 bits per heavy atom. The van der Waals surface area contributed by atoms with Crippen molar-refractivity contribution in [3.63, 3.8) is 0 Å². The average molecular weight is 508 g/mol. The number of aryl methyl sites for hydroxylation is 1. The van der Waals surface area contributed by atoms with Crippen LogP contribution in [0.1, 0.15) is 32.8 Å². The number of aromatic nitrogens is 1. The van der Waals surface area contributed by atoms with Gasteiger partial charge in [-0.3, -0.25) is 9.59 Å². The number of hydrogen-bond acceptors (Lipinski definition) is 3. The Balaban J connectivity index is 1.49. The fourth-order valence-electron chi connectivity index (χ4n) is 3.96. The Morgan fingerprint density at radius 2 is 1.91 bits per heavy atom. The maximum absolute atomic E-state index is 13.4. The van der Waals surface area contributed by atoms with Gasteiger partial charge in [-0.15, -0.1) is 0 Å². The Kier molecular flexibility index (Phi) is 6.99. The minimum Gasteiger partial charge on any atom is -0.463 e. The molecule has 1 unspecified atom stereocenters. The average Bonchev–Trinajstić information content (AvgIpc) is 3.43. The van der Waals surface area contributed by atoms with Gasteiger partial charge in [0, 0.05) is 43.8 Å². The predicted molar refractivity (Wildman–Crippen MR) is 132 cm³/mol. The number of nitrogens with zero attached hydrogens (tertiary/aromatic N) is 2. The molecule has 1 atom stereocenters. The van der Waals surface area contributed by atoms with Crippen molar-refractivity contribution in [2.24, 2.45) is 7.05 Å². The van der Waals surface area contributed by atoms with E-state index in [1.807, 2.05) is 56.7 Å². The van der Waals surface area contributed by atoms with Crippen LogP contribution in [0.15, 0.2) is 82.0 Å². The highest BCUT2D eigenvalue weighted by Crippen LogP contribution is 2.27. The molecule has 0 spiro atoms. The fourth-order valence-corrected chi connectivity index (χ4v) is 4.36. The molecule has 2 heterocycles. The molecule has 6 nitrogen and oxygen atoms in total. The Bertz CT molecular complexity index is 1260. The van der Waals surface area contributed by atoms with Gasteiger partial charge < -0.3 is 19.2 Å². The number of fused-ring (bicyclic) bond motifs is 1. The maximum Gasteiger partial charge on any atom is 0.267 e. The zero-order valence-electron chi connectivity index (χ0n) is 18.6. The van der Waals surface area contributed by atoms with E-state index in [0.29, 0.717) is 30.6 Å². The molecule has 170 valence electrons. The second kappa shape index (κ2) is 10.1. The van der Waals surface area contributed by atoms with E-state index in [2.05, 4.69) is 33.4 Å². The van der Waals surface area contributed by atoms with Crippen LogP contribution in [-0.2, 0) is 13.5 Å². The maximum atomic E-state index is 13.4. The molecule has 0 aliphatic heterocycles. The highest BCUT2D eigenvalue weighted by molar-refractivity contribution is 9.10. The van der Waals surface area contributed by atoms with Gasteiger partial charge in [-0.1, -0.05) is 30.3 Å². The molecule has 2 aromatic heterocycles. The molecular weight excluding hydrogens is 482 g/mol. The lowest BCUT2D eigenvalue weighted by molar-refractivity contribution is 0.0723. The Hall–Kier alpha value is -3.32. The summed E-state index contributed by atoms with van der Waals surface area (Å²) >= 11 is 3.47. The summed E-state index contributed by atoms with van der Waals surface area (Å²) in [6.45, 7) is 0.464. The second-order valence-electron chi connectivity index (χ2n) is 8.10. The van der Waals surface area contributed by atoms with E-state index in [9.17, 15) is 9.59 Å². The molecule has 0 fully saturated rings. The number of halogens is 1. The van der Waals surface area contributed by atoms with Crippen LogP contribution in [0.2, 0.25) is 0 Å². The number of carbonyl (C=O) groups excluding carboxylic acids is 2. The number of amides is 2. The SMILES string of the molecule is CN(C(=O)c1ccc2occ(Br)c2c1)C(CCNC(=O)c1cccn1C)Cc1ccccc1. The molecular formula is C26H26BrN3O3. The standard InChI is InChI=1S/C26H26BrN3O3/c1-29-14-6-9-23(29)25(31)28-13-12-20(15-18-7-4-3-5-8-18)30(2)26(32)19-10-11-24-21(16-19)22(27)17-33-24/h3-11,14,16-17,20H,12-13,15H2,1-2H3,(H,28,31). The van der Waals surface area contributed by atoms with E-state index >= 15 is 0 Å². The first-order valence-corrected chi connectivity index (χ1v) is 11.6. The molecule has 0 saturated carbocycles. The third kappa shape index (κ3) is 5.20. The van der Waals surface area contributed by atoms with E-state index in [-0.39, 0.29) is 17.9 Å². The molecule has 0 bridgehead atoms. The number of likely N-dealkylation sites (N-methyl/N-ethyl adjacent to an activating group) is 1. The lowest BCUT2D eigenvalue weighted by Crippen LogP contribution is -2.41. The summed E-state index contributed by atoms with van der Waals surface area (Å²) in [5, 5.41) is 3.85. The molecule has 0 radical (unpaired) electrons. The van der Waals surface area contributed by atoms with Crippen molar-refractivity contribution in [1.29, 1.82) is 0 Å². The van der Waals surface area contributed by atoms with Crippen molar-refractivity contribution in [2.75, 3.05) is 13.6 Å². The van der Waals surface area contributed by atoms with Crippen LogP contribution in [0.4, 0.5) is 0 Å². The molecule has 2 aromatic carbocycles. The van der Waals surface area contributed by atoms with Gasteiger partial charge in [-0.05, 0) is 64.7 Å². The van der Waals surface area contributed by atoms with Gasteiger partial charge in [0.05, 0.1) is 4.47 Å². The van der Waals surface area contributed by atoms with Gasteiger partial charge in [0.25, 0.3) is 11.8 Å². The molecule has 4 aromatic rings. The van der Waals surface area contributed by atoms with Crippen molar-refractivity contribution in [3.05, 3.63) is 94.4 Å². The fraction of sp³-hybridized carbons (Fsp3) is 0.231. The summed E-state index contributed by atoms with van der Waals surface area (Å²) < 4.78 is 8.08. The smallest absolute Gasteiger partial charge is 0.267 e. The third-order valence-electron chi connectivity index (χ3n) is 5.89. The zero-order chi connectivity index (χ0) is 23.4. The normalized spacial score (nSPS) is 12.0. The predicted octanol–water partition coefficient (Wildman–Crippen LogP) is 5.04. The largest absolute Gasteiger partial charge is 0.463 e. The van der Waals surface area contributed by atoms with Gasteiger partial charge in [-0.2, -0.15) is 0 Å². The first kappa shape index (κ1) is 22.9. The molecule has 7 heteroatoms. The van der Waals surface area contributed by atoms with Crippen LogP contribution >= 0.6 is 15.9 Å². The summed E-state index contributed by atoms with van der Waals surface area (Å²) in [5.74, 6) is -0.190. The van der Waals surface area contributed by atoms with Gasteiger partial charge in [0.2, 0.25) is 0 Å². The van der Waals surface area contributed by atoms with Crippen LogP contribution in [-0.4, -0.2) is 40.9 Å². The van der Waals surface area contributed by atoms with E-state index in [4.69, 9.17) is 4.42 Å². The van der Waals surface area contributed by atoms with Crippen LogP contribution < -0.4 is 5.32 Å². The Morgan fingerprint density at radius 3 is 2.64 bits per heavy atom. The van der Waals surface area contributed by atoms with Gasteiger partial charge in [0.1, 0.15) is 17.5 Å². The molecule has 1 N–H and O–H groups in total. The lowest BCUT2D eigenvalue weighted by Gasteiger charge is -2.29. The van der Waals surface area contributed by atoms with E-state index in [1.165, 1.54) is 0 Å². The number of furan rings is 1. The quantitative estimate of drug-likeness (QED) is 0.363. The van der Waals surface area contributed by atoms with Crippen molar-refractivity contribution in [2.45, 2.75) is 18.9 Å². The Labute approximate surface area is 201 Å². The number of carbonyl (C=O) groups is 2. The van der Waals surface area contributed by atoms with Crippen LogP contribution in [0.3, 0.4) is 0 Å². The highest BCUT2D eigenvalue weighted by atomic mass is 79.9. The lowest BCUT2D eigenvalue weighted by atomic mass is 10.0. The summed E-state index contributed by atoms with van der Waals surface area (Å²) in [7, 11) is 3.67. The summed E-state index contributed by atoms with van der Waals surface area (Å²) in [4.78, 5) is 27.6. The second-order valence-corrected chi connectivity index (χ2v) is 8.96. The minimum atomic E-state index is -0.120. The van der Waals surface area contributed by atoms with Crippen molar-refractivity contribution in [3.8, 4) is 0 Å². The van der Waals surface area contributed by atoms with E-state index in [1.54, 1.807) is 27.9 Å². The molecule has 0 aliphatic rings. The van der Waals surface area contributed by atoms with Crippen molar-refractivity contribution < 1.29 is 14.0 Å². The zero-order valence-corrected chi connectivity index (χ0v) is 20.2. The monoisotopic (exact) mass is 507 g/mol. The van der Waals surface area contributed by atoms with Crippen molar-refractivity contribution >= 4 is 38.7 Å².